The van der Waals surface area contributed by atoms with Crippen molar-refractivity contribution < 1.29 is 9.90 Å². The lowest BCUT2D eigenvalue weighted by Gasteiger charge is -2.24. The number of hydrogen-bond donors (Lipinski definition) is 3. The van der Waals surface area contributed by atoms with Crippen LogP contribution in [0.2, 0.25) is 0 Å². The largest absolute Gasteiger partial charge is 0.396 e. The van der Waals surface area contributed by atoms with Gasteiger partial charge in [-0.15, -0.1) is 0 Å². The highest BCUT2D eigenvalue weighted by atomic mass is 16.2. The molecule has 19 heavy (non-hydrogen) atoms. The molecule has 0 aliphatic carbocycles. The molecule has 0 atom stereocenters. The molecule has 106 valence electrons. The normalized spacial score (nSPS) is 11.5. The number of carbonyl (C=O) groups is 1. The molecule has 4 N–H and O–H groups in total. The molecule has 0 aliphatic heterocycles. The standard InChI is InChI=1S/C15H24N2O2/c1-15(2,7-4-8-18)11-17-10-12-5-3-6-13(9-12)14(16)19/h3,5-6,9,17-18H,4,7-8,10-11H2,1-2H3,(H2,16,19). The Morgan fingerprint density at radius 3 is 2.79 bits per heavy atom. The molecule has 1 rings (SSSR count). The van der Waals surface area contributed by atoms with Gasteiger partial charge < -0.3 is 16.2 Å². The molecule has 1 aromatic rings. The molecular formula is C15H24N2O2. The zero-order chi connectivity index (χ0) is 14.3. The third-order valence-corrected chi connectivity index (χ3v) is 3.16. The summed E-state index contributed by atoms with van der Waals surface area (Å²) in [6.45, 7) is 6.17. The van der Waals surface area contributed by atoms with Crippen molar-refractivity contribution in [2.24, 2.45) is 11.1 Å². The second-order valence-electron chi connectivity index (χ2n) is 5.66. The van der Waals surface area contributed by atoms with Crippen molar-refractivity contribution in [2.75, 3.05) is 13.2 Å². The quantitative estimate of drug-likeness (QED) is 0.668. The molecule has 0 saturated carbocycles. The van der Waals surface area contributed by atoms with E-state index in [1.54, 1.807) is 6.07 Å². The Bertz CT molecular complexity index is 416. The van der Waals surface area contributed by atoms with E-state index in [9.17, 15) is 4.79 Å². The van der Waals surface area contributed by atoms with E-state index in [1.807, 2.05) is 18.2 Å². The highest BCUT2D eigenvalue weighted by Gasteiger charge is 2.16. The number of benzene rings is 1. The summed E-state index contributed by atoms with van der Waals surface area (Å²) in [4.78, 5) is 11.1. The number of carbonyl (C=O) groups excluding carboxylic acids is 1. The van der Waals surface area contributed by atoms with Crippen molar-refractivity contribution in [3.63, 3.8) is 0 Å². The highest BCUT2D eigenvalue weighted by molar-refractivity contribution is 5.92. The zero-order valence-electron chi connectivity index (χ0n) is 11.8. The van der Waals surface area contributed by atoms with Gasteiger partial charge in [0, 0.05) is 25.3 Å². The minimum atomic E-state index is -0.398. The number of aliphatic hydroxyl groups excluding tert-OH is 1. The van der Waals surface area contributed by atoms with E-state index < -0.39 is 5.91 Å². The summed E-state index contributed by atoms with van der Waals surface area (Å²) in [5.74, 6) is -0.398. The summed E-state index contributed by atoms with van der Waals surface area (Å²) < 4.78 is 0. The van der Waals surface area contributed by atoms with Gasteiger partial charge in [-0.2, -0.15) is 0 Å². The fraction of sp³-hybridized carbons (Fsp3) is 0.533. The number of nitrogens with two attached hydrogens (primary N) is 1. The molecule has 0 radical (unpaired) electrons. The molecule has 0 heterocycles. The van der Waals surface area contributed by atoms with E-state index in [-0.39, 0.29) is 12.0 Å². The summed E-state index contributed by atoms with van der Waals surface area (Å²) in [5, 5.41) is 12.2. The van der Waals surface area contributed by atoms with Crippen LogP contribution in [0, 0.1) is 5.41 Å². The molecule has 1 amide bonds. The molecule has 0 bridgehead atoms. The van der Waals surface area contributed by atoms with Gasteiger partial charge in [0.2, 0.25) is 5.91 Å². The van der Waals surface area contributed by atoms with Gasteiger partial charge in [-0.3, -0.25) is 4.79 Å². The van der Waals surface area contributed by atoms with Crippen LogP contribution in [0.3, 0.4) is 0 Å². The topological polar surface area (TPSA) is 75.3 Å². The Kier molecular flexibility index (Phi) is 5.99. The Hall–Kier alpha value is -1.39. The molecule has 0 unspecified atom stereocenters. The maximum Gasteiger partial charge on any atom is 0.248 e. The molecule has 0 spiro atoms. The second kappa shape index (κ2) is 7.26. The Morgan fingerprint density at radius 2 is 2.16 bits per heavy atom. The van der Waals surface area contributed by atoms with Crippen molar-refractivity contribution in [3.8, 4) is 0 Å². The van der Waals surface area contributed by atoms with Crippen LogP contribution in [-0.4, -0.2) is 24.2 Å². The molecule has 0 saturated heterocycles. The van der Waals surface area contributed by atoms with E-state index in [0.29, 0.717) is 12.1 Å². The third-order valence-electron chi connectivity index (χ3n) is 3.16. The lowest BCUT2D eigenvalue weighted by Crippen LogP contribution is -2.29. The van der Waals surface area contributed by atoms with Crippen LogP contribution in [0.25, 0.3) is 0 Å². The van der Waals surface area contributed by atoms with Crippen LogP contribution in [-0.2, 0) is 6.54 Å². The van der Waals surface area contributed by atoms with Gasteiger partial charge >= 0.3 is 0 Å². The predicted octanol–water partition coefficient (Wildman–Crippen LogP) is 1.67. The van der Waals surface area contributed by atoms with Crippen LogP contribution in [0.5, 0.6) is 0 Å². The summed E-state index contributed by atoms with van der Waals surface area (Å²) in [6.07, 6.45) is 1.81. The van der Waals surface area contributed by atoms with Crippen LogP contribution >= 0.6 is 0 Å². The first kappa shape index (κ1) is 15.7. The Morgan fingerprint density at radius 1 is 1.42 bits per heavy atom. The van der Waals surface area contributed by atoms with E-state index in [2.05, 4.69) is 19.2 Å². The molecule has 1 aromatic carbocycles. The van der Waals surface area contributed by atoms with Gasteiger partial charge in [-0.05, 0) is 36.0 Å². The summed E-state index contributed by atoms with van der Waals surface area (Å²) in [7, 11) is 0. The van der Waals surface area contributed by atoms with Crippen LogP contribution in [0.15, 0.2) is 24.3 Å². The van der Waals surface area contributed by atoms with E-state index in [1.165, 1.54) is 0 Å². The lowest BCUT2D eigenvalue weighted by molar-refractivity contribution is 0.1000. The average Bonchev–Trinajstić information content (AvgIpc) is 2.36. The smallest absolute Gasteiger partial charge is 0.248 e. The van der Waals surface area contributed by atoms with Gasteiger partial charge in [0.25, 0.3) is 0 Å². The minimum Gasteiger partial charge on any atom is -0.396 e. The fourth-order valence-electron chi connectivity index (χ4n) is 2.03. The fourth-order valence-corrected chi connectivity index (χ4v) is 2.03. The van der Waals surface area contributed by atoms with Gasteiger partial charge in [0.05, 0.1) is 0 Å². The van der Waals surface area contributed by atoms with Gasteiger partial charge in [0.1, 0.15) is 0 Å². The molecule has 4 nitrogen and oxygen atoms in total. The monoisotopic (exact) mass is 264 g/mol. The highest BCUT2D eigenvalue weighted by Crippen LogP contribution is 2.20. The van der Waals surface area contributed by atoms with Crippen molar-refractivity contribution >= 4 is 5.91 Å². The maximum atomic E-state index is 11.1. The zero-order valence-corrected chi connectivity index (χ0v) is 11.8. The minimum absolute atomic E-state index is 0.157. The van der Waals surface area contributed by atoms with Crippen molar-refractivity contribution in [1.82, 2.24) is 5.32 Å². The molecule has 0 aliphatic rings. The van der Waals surface area contributed by atoms with Crippen molar-refractivity contribution in [2.45, 2.75) is 33.2 Å². The summed E-state index contributed by atoms with van der Waals surface area (Å²) >= 11 is 0. The van der Waals surface area contributed by atoms with Gasteiger partial charge in [0.15, 0.2) is 0 Å². The van der Waals surface area contributed by atoms with E-state index in [0.717, 1.165) is 24.9 Å². The number of nitrogens with one attached hydrogen (secondary N) is 1. The molecule has 4 heteroatoms. The second-order valence-corrected chi connectivity index (χ2v) is 5.66. The van der Waals surface area contributed by atoms with Crippen LogP contribution < -0.4 is 11.1 Å². The Balaban J connectivity index is 2.44. The average molecular weight is 264 g/mol. The van der Waals surface area contributed by atoms with Crippen molar-refractivity contribution in [1.29, 1.82) is 0 Å². The lowest BCUT2D eigenvalue weighted by atomic mass is 9.88. The molecular weight excluding hydrogens is 240 g/mol. The molecule has 0 fully saturated rings. The number of primary amides is 1. The third kappa shape index (κ3) is 5.85. The van der Waals surface area contributed by atoms with E-state index >= 15 is 0 Å². The summed E-state index contributed by atoms with van der Waals surface area (Å²) in [6, 6.07) is 7.35. The Labute approximate surface area is 115 Å². The van der Waals surface area contributed by atoms with Crippen LogP contribution in [0.4, 0.5) is 0 Å². The van der Waals surface area contributed by atoms with Crippen LogP contribution in [0.1, 0.15) is 42.6 Å². The first-order valence-electron chi connectivity index (χ1n) is 6.65. The number of amides is 1. The number of hydrogen-bond acceptors (Lipinski definition) is 3. The maximum absolute atomic E-state index is 11.1. The first-order valence-corrected chi connectivity index (χ1v) is 6.65. The number of rotatable bonds is 8. The van der Waals surface area contributed by atoms with Gasteiger partial charge in [-0.25, -0.2) is 0 Å². The van der Waals surface area contributed by atoms with Crippen molar-refractivity contribution in [3.05, 3.63) is 35.4 Å². The predicted molar refractivity (Wildman–Crippen MR) is 76.8 cm³/mol. The summed E-state index contributed by atoms with van der Waals surface area (Å²) in [5.41, 5.74) is 7.00. The number of aliphatic hydroxyl groups is 1. The first-order chi connectivity index (χ1) is 8.94. The van der Waals surface area contributed by atoms with E-state index in [4.69, 9.17) is 10.8 Å². The molecule has 0 aromatic heterocycles. The SMILES string of the molecule is CC(C)(CCCO)CNCc1cccc(C(N)=O)c1. The van der Waals surface area contributed by atoms with Gasteiger partial charge in [-0.1, -0.05) is 26.0 Å².